The van der Waals surface area contributed by atoms with E-state index in [1.165, 1.54) is 54.7 Å². The number of halogens is 1. The van der Waals surface area contributed by atoms with Gasteiger partial charge in [-0.1, -0.05) is 24.0 Å². The smallest absolute Gasteiger partial charge is 0.141 e. The van der Waals surface area contributed by atoms with Gasteiger partial charge in [-0.25, -0.2) is 4.39 Å². The van der Waals surface area contributed by atoms with Crippen molar-refractivity contribution in [3.63, 3.8) is 0 Å². The molecular formula is C31H38FN3OS2. The molecule has 1 N–H and O–H groups in total. The lowest BCUT2D eigenvalue weighted by atomic mass is 9.54. The van der Waals surface area contributed by atoms with Gasteiger partial charge in [0.25, 0.3) is 0 Å². The molecule has 4 bridgehead atoms. The van der Waals surface area contributed by atoms with Gasteiger partial charge in [-0.2, -0.15) is 0 Å². The third kappa shape index (κ3) is 5.12. The molecule has 0 amide bonds. The molecule has 4 nitrogen and oxygen atoms in total. The average molecular weight is 552 g/mol. The van der Waals surface area contributed by atoms with Gasteiger partial charge in [0, 0.05) is 42.7 Å². The van der Waals surface area contributed by atoms with Gasteiger partial charge in [0.1, 0.15) is 21.7 Å². The van der Waals surface area contributed by atoms with Crippen LogP contribution < -0.4 is 5.32 Å². The van der Waals surface area contributed by atoms with Crippen LogP contribution in [0.3, 0.4) is 0 Å². The molecule has 6 aliphatic rings. The van der Waals surface area contributed by atoms with E-state index in [0.29, 0.717) is 6.04 Å². The number of aryl methyl sites for hydroxylation is 1. The zero-order chi connectivity index (χ0) is 25.6. The second-order valence-electron chi connectivity index (χ2n) is 12.2. The number of hydrogen-bond donors (Lipinski definition) is 1. The SMILES string of the molecule is Fc1ccc(-c2cc(CCCN3CCNCC3)c(/C=C3\CN(C4C5CC6CC(C5)CC4C6)C(=S)S3)o2)cc1. The number of nitrogens with zero attached hydrogens (tertiary/aromatic N) is 2. The van der Waals surface area contributed by atoms with Crippen LogP contribution in [-0.2, 0) is 6.42 Å². The Morgan fingerprint density at radius 1 is 1.03 bits per heavy atom. The predicted octanol–water partition coefficient (Wildman–Crippen LogP) is 6.42. The maximum atomic E-state index is 13.6. The second kappa shape index (κ2) is 10.7. The molecule has 202 valence electrons. The summed E-state index contributed by atoms with van der Waals surface area (Å²) >= 11 is 7.74. The third-order valence-corrected chi connectivity index (χ3v) is 11.1. The number of benzene rings is 1. The summed E-state index contributed by atoms with van der Waals surface area (Å²) in [6.07, 6.45) is 11.5. The first-order valence-corrected chi connectivity index (χ1v) is 15.8. The zero-order valence-corrected chi connectivity index (χ0v) is 23.7. The van der Waals surface area contributed by atoms with Gasteiger partial charge in [0.05, 0.1) is 6.54 Å². The van der Waals surface area contributed by atoms with Gasteiger partial charge in [0.2, 0.25) is 0 Å². The van der Waals surface area contributed by atoms with Crippen LogP contribution in [0, 0.1) is 29.5 Å². The molecule has 7 heteroatoms. The first kappa shape index (κ1) is 25.3. The summed E-state index contributed by atoms with van der Waals surface area (Å²) in [4.78, 5) is 6.42. The van der Waals surface area contributed by atoms with Crippen molar-refractivity contribution in [2.45, 2.75) is 51.0 Å². The van der Waals surface area contributed by atoms with E-state index < -0.39 is 0 Å². The highest BCUT2D eigenvalue weighted by atomic mass is 32.2. The predicted molar refractivity (Wildman–Crippen MR) is 157 cm³/mol. The molecule has 3 heterocycles. The fourth-order valence-electron chi connectivity index (χ4n) is 8.23. The van der Waals surface area contributed by atoms with Gasteiger partial charge in [-0.15, -0.1) is 0 Å². The number of rotatable bonds is 7. The van der Waals surface area contributed by atoms with Crippen molar-refractivity contribution in [3.8, 4) is 11.3 Å². The highest BCUT2D eigenvalue weighted by Gasteiger charge is 2.51. The molecule has 38 heavy (non-hydrogen) atoms. The molecule has 4 aliphatic carbocycles. The molecule has 8 rings (SSSR count). The van der Waals surface area contributed by atoms with E-state index in [9.17, 15) is 4.39 Å². The first-order chi connectivity index (χ1) is 18.6. The highest BCUT2D eigenvalue weighted by molar-refractivity contribution is 8.25. The molecule has 2 aliphatic heterocycles. The van der Waals surface area contributed by atoms with Gasteiger partial charge in [0.15, 0.2) is 0 Å². The van der Waals surface area contributed by atoms with Crippen LogP contribution in [0.4, 0.5) is 4.39 Å². The lowest BCUT2D eigenvalue weighted by molar-refractivity contribution is -0.0401. The van der Waals surface area contributed by atoms with Crippen molar-refractivity contribution in [2.24, 2.45) is 23.7 Å². The number of thioether (sulfide) groups is 1. The minimum atomic E-state index is -0.223. The number of furan rings is 1. The van der Waals surface area contributed by atoms with Crippen molar-refractivity contribution < 1.29 is 8.81 Å². The molecule has 4 saturated carbocycles. The van der Waals surface area contributed by atoms with Gasteiger partial charge >= 0.3 is 0 Å². The van der Waals surface area contributed by atoms with E-state index in [4.69, 9.17) is 16.6 Å². The topological polar surface area (TPSA) is 31.6 Å². The molecule has 2 aromatic rings. The first-order valence-electron chi connectivity index (χ1n) is 14.6. The number of piperazine rings is 1. The second-order valence-corrected chi connectivity index (χ2v) is 14.0. The molecule has 0 radical (unpaired) electrons. The van der Waals surface area contributed by atoms with Gasteiger partial charge in [-0.05, 0) is 117 Å². The molecule has 1 aromatic carbocycles. The molecule has 2 saturated heterocycles. The summed E-state index contributed by atoms with van der Waals surface area (Å²) in [7, 11) is 0. The van der Waals surface area contributed by atoms with Crippen molar-refractivity contribution in [1.82, 2.24) is 15.1 Å². The monoisotopic (exact) mass is 551 g/mol. The fourth-order valence-corrected chi connectivity index (χ4v) is 9.64. The molecular weight excluding hydrogens is 513 g/mol. The fraction of sp³-hybridized carbons (Fsp3) is 0.581. The van der Waals surface area contributed by atoms with Crippen LogP contribution in [0.5, 0.6) is 0 Å². The number of thiocarbonyl (C=S) groups is 1. The minimum Gasteiger partial charge on any atom is -0.456 e. The van der Waals surface area contributed by atoms with Gasteiger partial charge < -0.3 is 19.5 Å². The normalized spacial score (nSPS) is 32.1. The Balaban J connectivity index is 1.10. The summed E-state index contributed by atoms with van der Waals surface area (Å²) in [5, 5.41) is 3.44. The molecule has 0 unspecified atom stereocenters. The van der Waals surface area contributed by atoms with Crippen LogP contribution in [0.1, 0.15) is 49.8 Å². The summed E-state index contributed by atoms with van der Waals surface area (Å²) < 4.78 is 21.1. The number of nitrogens with one attached hydrogen (secondary N) is 1. The van der Waals surface area contributed by atoms with E-state index >= 15 is 0 Å². The summed E-state index contributed by atoms with van der Waals surface area (Å²) in [6.45, 7) is 6.43. The molecule has 0 spiro atoms. The van der Waals surface area contributed by atoms with E-state index in [0.717, 1.165) is 97.2 Å². The third-order valence-electron chi connectivity index (χ3n) is 9.71. The van der Waals surface area contributed by atoms with Crippen molar-refractivity contribution in [3.05, 3.63) is 52.4 Å². The molecule has 6 fully saturated rings. The van der Waals surface area contributed by atoms with Crippen LogP contribution in [-0.4, -0.2) is 59.4 Å². The van der Waals surface area contributed by atoms with E-state index in [1.807, 2.05) is 12.1 Å². The van der Waals surface area contributed by atoms with E-state index in [-0.39, 0.29) is 5.82 Å². The van der Waals surface area contributed by atoms with Crippen molar-refractivity contribution in [1.29, 1.82) is 0 Å². The summed E-state index contributed by atoms with van der Waals surface area (Å²) in [5.74, 6) is 5.16. The Bertz CT molecular complexity index is 1170. The van der Waals surface area contributed by atoms with Crippen LogP contribution in [0.25, 0.3) is 17.4 Å². The standard InChI is InChI=1S/C31H38FN3OS2/c32-26-5-3-22(4-6-26)28-17-23(2-1-9-34-10-7-33-8-11-34)29(36-28)18-27-19-35(31(37)38-27)30-24-13-20-12-21(15-24)16-25(30)14-20/h3-6,17-18,20-21,24-25,30,33H,1-2,7-16,19H2/b27-18+. The minimum absolute atomic E-state index is 0.223. The Kier molecular flexibility index (Phi) is 7.14. The Morgan fingerprint density at radius 3 is 2.45 bits per heavy atom. The van der Waals surface area contributed by atoms with E-state index in [1.54, 1.807) is 11.8 Å². The van der Waals surface area contributed by atoms with Crippen molar-refractivity contribution >= 4 is 34.4 Å². The Labute approximate surface area is 235 Å². The lowest BCUT2D eigenvalue weighted by Crippen LogP contribution is -2.55. The average Bonchev–Trinajstić information content (AvgIpc) is 3.47. The number of hydrogen-bond acceptors (Lipinski definition) is 5. The Hall–Kier alpha value is -1.67. The maximum Gasteiger partial charge on any atom is 0.141 e. The quantitative estimate of drug-likeness (QED) is 0.400. The highest BCUT2D eigenvalue weighted by Crippen LogP contribution is 2.56. The largest absolute Gasteiger partial charge is 0.456 e. The van der Waals surface area contributed by atoms with Crippen LogP contribution in [0.2, 0.25) is 0 Å². The maximum absolute atomic E-state index is 13.6. The Morgan fingerprint density at radius 2 is 1.74 bits per heavy atom. The zero-order valence-electron chi connectivity index (χ0n) is 22.0. The van der Waals surface area contributed by atoms with Gasteiger partial charge in [-0.3, -0.25) is 0 Å². The lowest BCUT2D eigenvalue weighted by Gasteiger charge is -2.56. The van der Waals surface area contributed by atoms with E-state index in [2.05, 4.69) is 27.3 Å². The van der Waals surface area contributed by atoms with Crippen molar-refractivity contribution in [2.75, 3.05) is 39.3 Å². The summed E-state index contributed by atoms with van der Waals surface area (Å²) in [6, 6.07) is 9.44. The molecule has 0 atom stereocenters. The van der Waals surface area contributed by atoms with Crippen LogP contribution in [0.15, 0.2) is 39.7 Å². The summed E-state index contributed by atoms with van der Waals surface area (Å²) in [5.41, 5.74) is 2.16. The van der Waals surface area contributed by atoms with Crippen LogP contribution >= 0.6 is 24.0 Å². The molecule has 1 aromatic heterocycles.